The maximum absolute atomic E-state index is 13.7. The second-order valence-electron chi connectivity index (χ2n) is 4.48. The van der Waals surface area contributed by atoms with Crippen molar-refractivity contribution in [2.24, 2.45) is 0 Å². The summed E-state index contributed by atoms with van der Waals surface area (Å²) >= 11 is 0. The van der Waals surface area contributed by atoms with Crippen LogP contribution < -0.4 is 5.73 Å². The molecule has 5 heteroatoms. The summed E-state index contributed by atoms with van der Waals surface area (Å²) in [5.74, 6) is 0.164. The third kappa shape index (κ3) is 2.14. The zero-order valence-corrected chi connectivity index (χ0v) is 10.8. The van der Waals surface area contributed by atoms with Crippen LogP contribution in [0.4, 0.5) is 10.1 Å². The molecule has 0 radical (unpaired) electrons. The topological polar surface area (TPSA) is 64.9 Å². The number of hydrogen-bond acceptors (Lipinski definition) is 4. The maximum atomic E-state index is 13.7. The Hall–Kier alpha value is -2.69. The van der Waals surface area contributed by atoms with Gasteiger partial charge in [-0.1, -0.05) is 23.4 Å². The van der Waals surface area contributed by atoms with E-state index in [4.69, 9.17) is 10.3 Å². The fourth-order valence-corrected chi connectivity index (χ4v) is 1.95. The molecular weight excluding hydrogens is 257 g/mol. The minimum Gasteiger partial charge on any atom is -0.399 e. The summed E-state index contributed by atoms with van der Waals surface area (Å²) in [6, 6.07) is 11.7. The Morgan fingerprint density at radius 2 is 1.90 bits per heavy atom. The fourth-order valence-electron chi connectivity index (χ4n) is 1.95. The number of benzene rings is 2. The Bertz CT molecular complexity index is 767. The number of nitrogen functional groups attached to an aromatic ring is 1. The van der Waals surface area contributed by atoms with Gasteiger partial charge in [0.25, 0.3) is 5.89 Å². The van der Waals surface area contributed by atoms with Crippen LogP contribution in [0.25, 0.3) is 22.8 Å². The number of anilines is 1. The molecule has 0 saturated carbocycles. The second kappa shape index (κ2) is 4.77. The van der Waals surface area contributed by atoms with Gasteiger partial charge in [0.1, 0.15) is 5.82 Å². The van der Waals surface area contributed by atoms with Crippen LogP contribution in [0.1, 0.15) is 5.56 Å². The first-order chi connectivity index (χ1) is 9.65. The molecule has 100 valence electrons. The van der Waals surface area contributed by atoms with Crippen LogP contribution in [0.3, 0.4) is 0 Å². The molecule has 1 heterocycles. The molecule has 0 bridgehead atoms. The lowest BCUT2D eigenvalue weighted by Gasteiger charge is -2.01. The number of rotatable bonds is 2. The van der Waals surface area contributed by atoms with E-state index in [-0.39, 0.29) is 11.6 Å². The van der Waals surface area contributed by atoms with E-state index in [1.165, 1.54) is 6.07 Å². The van der Waals surface area contributed by atoms with E-state index in [2.05, 4.69) is 10.1 Å². The van der Waals surface area contributed by atoms with Gasteiger partial charge in [-0.25, -0.2) is 4.39 Å². The standard InChI is InChI=1S/C15H12FN3O/c1-9-6-7-10(17)8-12(9)15-18-14(19-20-15)11-4-2-3-5-13(11)16/h2-8H,17H2,1H3. The molecule has 3 aromatic rings. The van der Waals surface area contributed by atoms with E-state index in [1.807, 2.05) is 13.0 Å². The summed E-state index contributed by atoms with van der Waals surface area (Å²) in [5.41, 5.74) is 8.39. The first kappa shape index (κ1) is 12.3. The Balaban J connectivity index is 2.07. The zero-order valence-electron chi connectivity index (χ0n) is 10.8. The number of aryl methyl sites for hydroxylation is 1. The van der Waals surface area contributed by atoms with Gasteiger partial charge in [0.2, 0.25) is 5.82 Å². The maximum Gasteiger partial charge on any atom is 0.258 e. The summed E-state index contributed by atoms with van der Waals surface area (Å²) in [6.07, 6.45) is 0. The van der Waals surface area contributed by atoms with E-state index in [0.29, 0.717) is 17.1 Å². The molecule has 0 unspecified atom stereocenters. The third-order valence-corrected chi connectivity index (χ3v) is 3.03. The molecule has 0 amide bonds. The van der Waals surface area contributed by atoms with Crippen molar-refractivity contribution in [3.63, 3.8) is 0 Å². The highest BCUT2D eigenvalue weighted by Crippen LogP contribution is 2.27. The minimum atomic E-state index is -0.385. The summed E-state index contributed by atoms with van der Waals surface area (Å²) in [5, 5.41) is 3.83. The van der Waals surface area contributed by atoms with Crippen LogP contribution in [0.15, 0.2) is 47.0 Å². The largest absolute Gasteiger partial charge is 0.399 e. The monoisotopic (exact) mass is 269 g/mol. The van der Waals surface area contributed by atoms with Crippen molar-refractivity contribution in [1.29, 1.82) is 0 Å². The fraction of sp³-hybridized carbons (Fsp3) is 0.0667. The Morgan fingerprint density at radius 1 is 1.10 bits per heavy atom. The Labute approximate surface area is 115 Å². The molecule has 20 heavy (non-hydrogen) atoms. The number of hydrogen-bond donors (Lipinski definition) is 1. The SMILES string of the molecule is Cc1ccc(N)cc1-c1nc(-c2ccccc2F)no1. The Kier molecular flexibility index (Phi) is 2.95. The van der Waals surface area contributed by atoms with E-state index < -0.39 is 0 Å². The normalized spacial score (nSPS) is 10.7. The summed E-state index contributed by atoms with van der Waals surface area (Å²) in [7, 11) is 0. The predicted octanol–water partition coefficient (Wildman–Crippen LogP) is 3.43. The number of halogens is 1. The van der Waals surface area contributed by atoms with Gasteiger partial charge >= 0.3 is 0 Å². The number of nitrogens with zero attached hydrogens (tertiary/aromatic N) is 2. The van der Waals surface area contributed by atoms with Gasteiger partial charge in [0.15, 0.2) is 0 Å². The minimum absolute atomic E-state index is 0.222. The number of nitrogens with two attached hydrogens (primary N) is 1. The highest BCUT2D eigenvalue weighted by Gasteiger charge is 2.15. The van der Waals surface area contributed by atoms with Gasteiger partial charge in [-0.2, -0.15) is 4.98 Å². The molecule has 0 spiro atoms. The molecule has 1 aromatic heterocycles. The van der Waals surface area contributed by atoms with Gasteiger partial charge < -0.3 is 10.3 Å². The molecule has 2 N–H and O–H groups in total. The first-order valence-electron chi connectivity index (χ1n) is 6.10. The number of aromatic nitrogens is 2. The molecule has 2 aromatic carbocycles. The van der Waals surface area contributed by atoms with Crippen molar-refractivity contribution in [2.45, 2.75) is 6.92 Å². The average molecular weight is 269 g/mol. The summed E-state index contributed by atoms with van der Waals surface area (Å²) in [6.45, 7) is 1.92. The molecule has 0 fully saturated rings. The van der Waals surface area contributed by atoms with Gasteiger partial charge in [0.05, 0.1) is 5.56 Å². The van der Waals surface area contributed by atoms with Crippen molar-refractivity contribution in [1.82, 2.24) is 10.1 Å². The smallest absolute Gasteiger partial charge is 0.258 e. The third-order valence-electron chi connectivity index (χ3n) is 3.03. The van der Waals surface area contributed by atoms with Crippen LogP contribution in [-0.4, -0.2) is 10.1 Å². The van der Waals surface area contributed by atoms with Crippen LogP contribution in [0, 0.1) is 12.7 Å². The van der Waals surface area contributed by atoms with Crippen molar-refractivity contribution in [3.05, 3.63) is 53.8 Å². The van der Waals surface area contributed by atoms with Crippen LogP contribution in [0.2, 0.25) is 0 Å². The average Bonchev–Trinajstić information content (AvgIpc) is 2.91. The summed E-state index contributed by atoms with van der Waals surface area (Å²) in [4.78, 5) is 4.24. The Morgan fingerprint density at radius 3 is 2.70 bits per heavy atom. The van der Waals surface area contributed by atoms with E-state index in [1.54, 1.807) is 30.3 Å². The van der Waals surface area contributed by atoms with Gasteiger partial charge in [0, 0.05) is 11.3 Å². The highest BCUT2D eigenvalue weighted by molar-refractivity contribution is 5.66. The van der Waals surface area contributed by atoms with Crippen LogP contribution in [0.5, 0.6) is 0 Å². The first-order valence-corrected chi connectivity index (χ1v) is 6.10. The predicted molar refractivity (Wildman–Crippen MR) is 74.3 cm³/mol. The molecule has 0 aliphatic carbocycles. The van der Waals surface area contributed by atoms with E-state index in [9.17, 15) is 4.39 Å². The zero-order chi connectivity index (χ0) is 14.1. The van der Waals surface area contributed by atoms with Crippen molar-refractivity contribution < 1.29 is 8.91 Å². The van der Waals surface area contributed by atoms with Crippen molar-refractivity contribution >= 4 is 5.69 Å². The lowest BCUT2D eigenvalue weighted by atomic mass is 10.1. The summed E-state index contributed by atoms with van der Waals surface area (Å²) < 4.78 is 18.9. The van der Waals surface area contributed by atoms with Gasteiger partial charge in [-0.15, -0.1) is 0 Å². The molecule has 0 aliphatic rings. The van der Waals surface area contributed by atoms with Crippen molar-refractivity contribution in [3.8, 4) is 22.8 Å². The van der Waals surface area contributed by atoms with Crippen molar-refractivity contribution in [2.75, 3.05) is 5.73 Å². The lowest BCUT2D eigenvalue weighted by molar-refractivity contribution is 0.431. The lowest BCUT2D eigenvalue weighted by Crippen LogP contribution is -1.89. The molecule has 0 saturated heterocycles. The molecule has 0 aliphatic heterocycles. The van der Waals surface area contributed by atoms with Gasteiger partial charge in [-0.3, -0.25) is 0 Å². The molecule has 0 atom stereocenters. The molecule has 3 rings (SSSR count). The van der Waals surface area contributed by atoms with Crippen LogP contribution >= 0.6 is 0 Å². The van der Waals surface area contributed by atoms with Gasteiger partial charge in [-0.05, 0) is 36.8 Å². The van der Waals surface area contributed by atoms with E-state index >= 15 is 0 Å². The second-order valence-corrected chi connectivity index (χ2v) is 4.48. The van der Waals surface area contributed by atoms with Crippen LogP contribution in [-0.2, 0) is 0 Å². The quantitative estimate of drug-likeness (QED) is 0.724. The van der Waals surface area contributed by atoms with E-state index in [0.717, 1.165) is 11.1 Å². The highest BCUT2D eigenvalue weighted by atomic mass is 19.1. The molecule has 4 nitrogen and oxygen atoms in total. The molecular formula is C15H12FN3O.